The molecule has 3 aromatic rings. The number of fused-ring (bicyclic) bond motifs is 1. The van der Waals surface area contributed by atoms with Gasteiger partial charge in [-0.1, -0.05) is 6.07 Å². The van der Waals surface area contributed by atoms with Crippen LogP contribution in [0.25, 0.3) is 0 Å². The van der Waals surface area contributed by atoms with E-state index in [1.807, 2.05) is 43.1 Å². The Morgan fingerprint density at radius 1 is 1.15 bits per heavy atom. The first-order valence-electron chi connectivity index (χ1n) is 16.4. The molecule has 2 amide bonds. The number of anilines is 2. The van der Waals surface area contributed by atoms with Crippen LogP contribution < -0.4 is 20.3 Å². The van der Waals surface area contributed by atoms with E-state index in [4.69, 9.17) is 13.9 Å². The molecule has 3 N–H and O–H groups in total. The highest BCUT2D eigenvalue weighted by Crippen LogP contribution is 2.26. The van der Waals surface area contributed by atoms with Crippen molar-refractivity contribution in [1.82, 2.24) is 20.1 Å². The van der Waals surface area contributed by atoms with Crippen molar-refractivity contribution in [3.8, 4) is 5.75 Å². The van der Waals surface area contributed by atoms with Crippen LogP contribution in [0.1, 0.15) is 52.7 Å². The van der Waals surface area contributed by atoms with Crippen LogP contribution in [0.2, 0.25) is 0 Å². The van der Waals surface area contributed by atoms with Crippen molar-refractivity contribution >= 4 is 23.2 Å². The van der Waals surface area contributed by atoms with Gasteiger partial charge >= 0.3 is 0 Å². The smallest absolute Gasteiger partial charge is 0.251 e. The number of aromatic nitrogens is 1. The van der Waals surface area contributed by atoms with Crippen LogP contribution in [-0.2, 0) is 29.1 Å². The average molecular weight is 649 g/mol. The van der Waals surface area contributed by atoms with Crippen LogP contribution in [0.3, 0.4) is 0 Å². The second-order valence-electron chi connectivity index (χ2n) is 12.5. The lowest BCUT2D eigenvalue weighted by Crippen LogP contribution is -2.42. The Morgan fingerprint density at radius 3 is 2.68 bits per heavy atom. The Hall–Kier alpha value is -4.13. The molecule has 1 saturated heterocycles. The molecular weight excluding hydrogens is 600 g/mol. The number of likely N-dealkylation sites (tertiary alicyclic amines) is 1. The Morgan fingerprint density at radius 2 is 1.96 bits per heavy atom. The van der Waals surface area contributed by atoms with Gasteiger partial charge in [-0.25, -0.2) is 4.98 Å². The third kappa shape index (κ3) is 9.46. The molecule has 12 heteroatoms. The molecule has 5 rings (SSSR count). The molecule has 1 fully saturated rings. The van der Waals surface area contributed by atoms with E-state index in [1.165, 1.54) is 17.5 Å². The van der Waals surface area contributed by atoms with Gasteiger partial charge in [0.2, 0.25) is 5.91 Å². The van der Waals surface area contributed by atoms with E-state index in [-0.39, 0.29) is 24.4 Å². The second kappa shape index (κ2) is 16.1. The molecule has 0 bridgehead atoms. The molecule has 1 aromatic heterocycles. The van der Waals surface area contributed by atoms with Gasteiger partial charge in [-0.15, -0.1) is 0 Å². The Balaban J connectivity index is 1.14. The van der Waals surface area contributed by atoms with E-state index in [9.17, 15) is 14.7 Å². The molecule has 0 aliphatic carbocycles. The summed E-state index contributed by atoms with van der Waals surface area (Å²) in [5.41, 5.74) is 5.54. The number of aliphatic hydroxyl groups excluding tert-OH is 1. The molecule has 12 nitrogen and oxygen atoms in total. The topological polar surface area (TPSA) is 133 Å². The Labute approximate surface area is 277 Å². The van der Waals surface area contributed by atoms with Crippen LogP contribution in [-0.4, -0.2) is 104 Å². The third-order valence-corrected chi connectivity index (χ3v) is 9.01. The van der Waals surface area contributed by atoms with Gasteiger partial charge in [0.05, 0.1) is 18.4 Å². The number of likely N-dealkylation sites (N-methyl/N-ethyl adjacent to an activating group) is 1. The zero-order chi connectivity index (χ0) is 33.3. The lowest BCUT2D eigenvalue weighted by molar-refractivity contribution is -0.129. The molecule has 0 saturated carbocycles. The summed E-state index contributed by atoms with van der Waals surface area (Å²) in [6, 6.07) is 12.1. The number of rotatable bonds is 14. The summed E-state index contributed by atoms with van der Waals surface area (Å²) >= 11 is 0. The minimum absolute atomic E-state index is 0.103. The molecule has 254 valence electrons. The van der Waals surface area contributed by atoms with Gasteiger partial charge in [0.1, 0.15) is 12.4 Å². The minimum Gasteiger partial charge on any atom is -0.486 e. The van der Waals surface area contributed by atoms with E-state index in [0.29, 0.717) is 45.0 Å². The van der Waals surface area contributed by atoms with E-state index >= 15 is 0 Å². The second-order valence-corrected chi connectivity index (χ2v) is 12.5. The largest absolute Gasteiger partial charge is 0.486 e. The van der Waals surface area contributed by atoms with Gasteiger partial charge in [0, 0.05) is 89.9 Å². The molecule has 0 radical (unpaired) electrons. The summed E-state index contributed by atoms with van der Waals surface area (Å²) in [5, 5.41) is 17.4. The first-order chi connectivity index (χ1) is 22.7. The number of benzene rings is 2. The normalized spacial score (nSPS) is 16.0. The number of carbonyl (C=O) groups is 2. The first-order valence-corrected chi connectivity index (χ1v) is 16.4. The predicted molar refractivity (Wildman–Crippen MR) is 180 cm³/mol. The number of oxazole rings is 1. The number of methoxy groups -OCH3 is 1. The number of aliphatic hydroxyl groups is 1. The maximum Gasteiger partial charge on any atom is 0.251 e. The minimum atomic E-state index is -0.718. The molecule has 3 heterocycles. The maximum atomic E-state index is 13.4. The zero-order valence-corrected chi connectivity index (χ0v) is 28.0. The summed E-state index contributed by atoms with van der Waals surface area (Å²) in [4.78, 5) is 35.3. The fraction of sp³-hybridized carbons (Fsp3) is 0.514. The van der Waals surface area contributed by atoms with E-state index < -0.39 is 6.10 Å². The number of nitrogens with one attached hydrogen (secondary N) is 2. The highest BCUT2D eigenvalue weighted by atomic mass is 16.5. The van der Waals surface area contributed by atoms with Crippen molar-refractivity contribution in [2.75, 3.05) is 70.2 Å². The van der Waals surface area contributed by atoms with Crippen LogP contribution in [0.15, 0.2) is 47.2 Å². The third-order valence-electron chi connectivity index (χ3n) is 9.01. The van der Waals surface area contributed by atoms with Crippen LogP contribution in [0.4, 0.5) is 11.4 Å². The number of β-amino-alcohol motifs (C(OH)–C–C–N with tert-alkyl or cyclic N) is 1. The van der Waals surface area contributed by atoms with Gasteiger partial charge in [-0.3, -0.25) is 14.5 Å². The zero-order valence-electron chi connectivity index (χ0n) is 28.0. The van der Waals surface area contributed by atoms with Crippen LogP contribution >= 0.6 is 0 Å². The van der Waals surface area contributed by atoms with Crippen molar-refractivity contribution < 1.29 is 28.6 Å². The molecule has 2 aliphatic heterocycles. The molecule has 2 aliphatic rings. The van der Waals surface area contributed by atoms with E-state index in [0.717, 1.165) is 60.9 Å². The standard InChI is InChI=1S/C35H48N6O6/c1-24-34(47-23-37-24)22-46-33-6-5-27-20-40(10-7-26(27)17-33)21-32(43)19-36-35(44)28-15-30(18-31(16-28)39(3)13-14-45-4)38-29-8-11-41(12-9-29)25(2)42/h5-6,15-18,23,29,32,38,43H,7-14,19-22H2,1-4H3,(H,36,44)/t32-/m1/s1. The highest BCUT2D eigenvalue weighted by Gasteiger charge is 2.23. The number of nitrogens with zero attached hydrogens (tertiary/aromatic N) is 4. The van der Waals surface area contributed by atoms with Crippen molar-refractivity contribution in [3.63, 3.8) is 0 Å². The Bertz CT molecular complexity index is 1500. The molecule has 47 heavy (non-hydrogen) atoms. The summed E-state index contributed by atoms with van der Waals surface area (Å²) in [5.74, 6) is 1.38. The molecule has 2 aromatic carbocycles. The average Bonchev–Trinajstić information content (AvgIpc) is 3.49. The van der Waals surface area contributed by atoms with Gasteiger partial charge in [-0.2, -0.15) is 0 Å². The number of ether oxygens (including phenoxy) is 2. The predicted octanol–water partition coefficient (Wildman–Crippen LogP) is 3.22. The summed E-state index contributed by atoms with van der Waals surface area (Å²) in [6.07, 6.45) is 3.24. The van der Waals surface area contributed by atoms with E-state index in [2.05, 4.69) is 37.6 Å². The maximum absolute atomic E-state index is 13.4. The summed E-state index contributed by atoms with van der Waals surface area (Å²) in [6.45, 7) is 8.62. The Kier molecular flexibility index (Phi) is 11.7. The quantitative estimate of drug-likeness (QED) is 0.239. The van der Waals surface area contributed by atoms with E-state index in [1.54, 1.807) is 14.0 Å². The molecule has 1 atom stereocenters. The first kappa shape index (κ1) is 34.2. The van der Waals surface area contributed by atoms with Gasteiger partial charge in [0.15, 0.2) is 12.2 Å². The number of carbonyl (C=O) groups excluding carboxylic acids is 2. The monoisotopic (exact) mass is 648 g/mol. The number of hydrogen-bond donors (Lipinski definition) is 3. The van der Waals surface area contributed by atoms with Crippen molar-refractivity contribution in [3.05, 3.63) is 70.9 Å². The highest BCUT2D eigenvalue weighted by molar-refractivity contribution is 5.96. The van der Waals surface area contributed by atoms with Gasteiger partial charge in [0.25, 0.3) is 5.91 Å². The SMILES string of the molecule is COCCN(C)c1cc(NC2CCN(C(C)=O)CC2)cc(C(=O)NC[C@@H](O)CN2CCc3cc(OCc4ocnc4C)ccc3C2)c1. The van der Waals surface area contributed by atoms with Crippen LogP contribution in [0.5, 0.6) is 5.75 Å². The van der Waals surface area contributed by atoms with Crippen molar-refractivity contribution in [2.45, 2.75) is 58.4 Å². The number of hydrogen-bond acceptors (Lipinski definition) is 10. The number of amides is 2. The van der Waals surface area contributed by atoms with Gasteiger partial charge < -0.3 is 39.4 Å². The fourth-order valence-electron chi connectivity index (χ4n) is 6.10. The lowest BCUT2D eigenvalue weighted by atomic mass is 9.99. The fourth-order valence-corrected chi connectivity index (χ4v) is 6.10. The van der Waals surface area contributed by atoms with Crippen molar-refractivity contribution in [1.29, 1.82) is 0 Å². The van der Waals surface area contributed by atoms with Crippen LogP contribution in [0, 0.1) is 6.92 Å². The molecular formula is C35H48N6O6. The summed E-state index contributed by atoms with van der Waals surface area (Å²) in [7, 11) is 3.64. The summed E-state index contributed by atoms with van der Waals surface area (Å²) < 4.78 is 16.5. The number of aryl methyl sites for hydroxylation is 1. The van der Waals surface area contributed by atoms with Crippen molar-refractivity contribution in [2.24, 2.45) is 0 Å². The molecule has 0 spiro atoms. The number of piperidine rings is 1. The molecule has 0 unspecified atom stereocenters. The lowest BCUT2D eigenvalue weighted by Gasteiger charge is -2.32. The van der Waals surface area contributed by atoms with Gasteiger partial charge in [-0.05, 0) is 67.6 Å².